The molecule has 0 unspecified atom stereocenters. The van der Waals surface area contributed by atoms with Crippen LogP contribution in [0.25, 0.3) is 0 Å². The maximum Gasteiger partial charge on any atom is 0.372 e. The summed E-state index contributed by atoms with van der Waals surface area (Å²) >= 11 is 0. The first-order chi connectivity index (χ1) is 12.0. The van der Waals surface area contributed by atoms with Crippen LogP contribution in [0.3, 0.4) is 0 Å². The van der Waals surface area contributed by atoms with Gasteiger partial charge in [0.2, 0.25) is 5.78 Å². The van der Waals surface area contributed by atoms with E-state index in [1.165, 1.54) is 7.05 Å². The van der Waals surface area contributed by atoms with Crippen molar-refractivity contribution in [1.82, 2.24) is 4.90 Å². The van der Waals surface area contributed by atoms with E-state index in [-0.39, 0.29) is 19.0 Å². The molecule has 27 heavy (non-hydrogen) atoms. The molecule has 0 aliphatic carbocycles. The second-order valence-corrected chi connectivity index (χ2v) is 6.10. The van der Waals surface area contributed by atoms with Crippen LogP contribution in [-0.4, -0.2) is 107 Å². The van der Waals surface area contributed by atoms with Crippen molar-refractivity contribution in [3.63, 3.8) is 0 Å². The summed E-state index contributed by atoms with van der Waals surface area (Å²) in [4.78, 5) is 50.8. The number of nitrogens with one attached hydrogen (secondary N) is 1. The molecule has 0 amide bonds. The molecule has 0 radical (unpaired) electrons. The molecule has 0 aliphatic rings. The molecule has 0 aliphatic heterocycles. The Morgan fingerprint density at radius 2 is 1.33 bits per heavy atom. The van der Waals surface area contributed by atoms with Crippen LogP contribution in [0.15, 0.2) is 0 Å². The molecule has 156 valence electrons. The van der Waals surface area contributed by atoms with E-state index in [2.05, 4.69) is 0 Å². The monoisotopic (exact) mass is 395 g/mol. The van der Waals surface area contributed by atoms with Gasteiger partial charge in [-0.05, 0) is 0 Å². The van der Waals surface area contributed by atoms with E-state index in [0.29, 0.717) is 4.48 Å². The molecule has 0 spiro atoms. The third kappa shape index (κ3) is 27.9. The standard InChI is InChI=1S/C5H11NO2.C5H6O5.C4H9N3O2/c1-6(2,3)4-5(7)8;6-3(5(9)10)1-2-4(7)8;1-7(4(5)6)2-3(8)9/h4H2,1-3H3;1-2H2,(H,7,8)(H,9,10);2H2,1H3,(H3,5,6)(H,8,9)/p+1. The smallest absolute Gasteiger partial charge is 0.372 e. The van der Waals surface area contributed by atoms with Crippen LogP contribution < -0.4 is 5.73 Å². The number of aliphatic carboxylic acids is 4. The Labute approximate surface area is 155 Å². The lowest BCUT2D eigenvalue weighted by Gasteiger charge is -2.20. The lowest BCUT2D eigenvalue weighted by molar-refractivity contribution is -0.862. The van der Waals surface area contributed by atoms with Gasteiger partial charge in [-0.25, -0.2) is 9.59 Å². The normalized spacial score (nSPS) is 9.48. The zero-order valence-electron chi connectivity index (χ0n) is 15.6. The first kappa shape index (κ1) is 28.6. The van der Waals surface area contributed by atoms with Crippen LogP contribution in [0.2, 0.25) is 0 Å². The number of carboxylic acids is 4. The fourth-order valence-corrected chi connectivity index (χ4v) is 1.02. The van der Waals surface area contributed by atoms with Gasteiger partial charge < -0.3 is 35.5 Å². The second kappa shape index (κ2) is 14.0. The van der Waals surface area contributed by atoms with Gasteiger partial charge in [0.05, 0.1) is 27.6 Å². The van der Waals surface area contributed by atoms with Gasteiger partial charge in [-0.2, -0.15) is 0 Å². The number of hydrogen-bond donors (Lipinski definition) is 6. The average molecular weight is 395 g/mol. The van der Waals surface area contributed by atoms with Gasteiger partial charge in [0.25, 0.3) is 0 Å². The lowest BCUT2D eigenvalue weighted by Crippen LogP contribution is -2.39. The Bertz CT molecular complexity index is 555. The highest BCUT2D eigenvalue weighted by atomic mass is 16.4. The molecule has 0 aromatic rings. The average Bonchev–Trinajstić information content (AvgIpc) is 2.42. The molecule has 0 saturated carbocycles. The summed E-state index contributed by atoms with van der Waals surface area (Å²) in [6, 6.07) is 0. The number of Topliss-reactive ketones (excluding diaryl/α,β-unsaturated/α-hetero) is 1. The van der Waals surface area contributed by atoms with Gasteiger partial charge in [0, 0.05) is 13.5 Å². The number of nitrogens with zero attached hydrogens (tertiary/aromatic N) is 2. The van der Waals surface area contributed by atoms with Crippen molar-refractivity contribution in [2.45, 2.75) is 12.8 Å². The van der Waals surface area contributed by atoms with Crippen molar-refractivity contribution >= 4 is 35.6 Å². The number of carbonyl (C=O) groups excluding carboxylic acids is 1. The number of carboxylic acid groups (broad SMARTS) is 4. The maximum atomic E-state index is 10.2. The fraction of sp³-hybridized carbons (Fsp3) is 0.571. The number of quaternary nitrogens is 1. The zero-order chi connectivity index (χ0) is 22.4. The molecule has 13 nitrogen and oxygen atoms in total. The van der Waals surface area contributed by atoms with Crippen molar-refractivity contribution < 1.29 is 48.9 Å². The van der Waals surface area contributed by atoms with E-state index < -0.39 is 42.5 Å². The molecule has 0 heterocycles. The van der Waals surface area contributed by atoms with Crippen LogP contribution in [-0.2, 0) is 24.0 Å². The maximum absolute atomic E-state index is 10.2. The first-order valence-electron chi connectivity index (χ1n) is 7.26. The molecule has 0 fully saturated rings. The third-order valence-electron chi connectivity index (χ3n) is 2.20. The van der Waals surface area contributed by atoms with Crippen LogP contribution in [0, 0.1) is 5.41 Å². The minimum absolute atomic E-state index is 0.181. The van der Waals surface area contributed by atoms with E-state index in [1.54, 1.807) is 0 Å². The number of hydrogen-bond acceptors (Lipinski definition) is 6. The number of carbonyl (C=O) groups is 5. The number of ketones is 1. The lowest BCUT2D eigenvalue weighted by atomic mass is 10.2. The van der Waals surface area contributed by atoms with Crippen LogP contribution in [0.5, 0.6) is 0 Å². The van der Waals surface area contributed by atoms with E-state index in [4.69, 9.17) is 31.6 Å². The quantitative estimate of drug-likeness (QED) is 0.116. The first-order valence-corrected chi connectivity index (χ1v) is 7.26. The molecule has 0 rings (SSSR count). The summed E-state index contributed by atoms with van der Waals surface area (Å²) in [6.07, 6.45) is -0.865. The summed E-state index contributed by atoms with van der Waals surface area (Å²) in [5.74, 6) is -5.80. The van der Waals surface area contributed by atoms with E-state index in [9.17, 15) is 24.0 Å². The minimum atomic E-state index is -1.58. The molecule has 13 heteroatoms. The highest BCUT2D eigenvalue weighted by Gasteiger charge is 2.12. The van der Waals surface area contributed by atoms with Crippen molar-refractivity contribution in [3.8, 4) is 0 Å². The van der Waals surface area contributed by atoms with Gasteiger partial charge in [-0.15, -0.1) is 0 Å². The second-order valence-electron chi connectivity index (χ2n) is 6.10. The van der Waals surface area contributed by atoms with Crippen molar-refractivity contribution in [3.05, 3.63) is 0 Å². The summed E-state index contributed by atoms with van der Waals surface area (Å²) in [7, 11) is 6.97. The molecule has 7 N–H and O–H groups in total. The summed E-state index contributed by atoms with van der Waals surface area (Å²) in [5, 5.41) is 39.1. The number of likely N-dealkylation sites (N-methyl/N-ethyl adjacent to an activating group) is 2. The van der Waals surface area contributed by atoms with Crippen LogP contribution >= 0.6 is 0 Å². The van der Waals surface area contributed by atoms with Crippen LogP contribution in [0.1, 0.15) is 12.8 Å². The largest absolute Gasteiger partial charge is 0.481 e. The zero-order valence-corrected chi connectivity index (χ0v) is 15.6. The molecule has 0 aromatic carbocycles. The van der Waals surface area contributed by atoms with Gasteiger partial charge in [-0.3, -0.25) is 19.8 Å². The highest BCUT2D eigenvalue weighted by Crippen LogP contribution is 1.90. The highest BCUT2D eigenvalue weighted by molar-refractivity contribution is 6.32. The van der Waals surface area contributed by atoms with Gasteiger partial charge in [-0.1, -0.05) is 0 Å². The minimum Gasteiger partial charge on any atom is -0.481 e. The fourth-order valence-electron chi connectivity index (χ4n) is 1.02. The molecule has 0 aromatic heterocycles. The number of nitrogens with two attached hydrogens (primary N) is 1. The van der Waals surface area contributed by atoms with E-state index >= 15 is 0 Å². The van der Waals surface area contributed by atoms with E-state index in [0.717, 1.165) is 4.90 Å². The Balaban J connectivity index is -0.000000322. The number of guanidine groups is 1. The van der Waals surface area contributed by atoms with E-state index in [1.807, 2.05) is 21.1 Å². The Morgan fingerprint density at radius 3 is 1.48 bits per heavy atom. The van der Waals surface area contributed by atoms with Crippen molar-refractivity contribution in [2.24, 2.45) is 5.73 Å². The Morgan fingerprint density at radius 1 is 0.889 bits per heavy atom. The molecular weight excluding hydrogens is 368 g/mol. The van der Waals surface area contributed by atoms with Crippen molar-refractivity contribution in [1.29, 1.82) is 5.41 Å². The predicted molar refractivity (Wildman–Crippen MR) is 92.2 cm³/mol. The number of rotatable bonds is 8. The predicted octanol–water partition coefficient (Wildman–Crippen LogP) is -1.82. The summed E-state index contributed by atoms with van der Waals surface area (Å²) in [5.41, 5.74) is 4.93. The van der Waals surface area contributed by atoms with Crippen LogP contribution in [0.4, 0.5) is 0 Å². The van der Waals surface area contributed by atoms with Gasteiger partial charge >= 0.3 is 23.9 Å². The summed E-state index contributed by atoms with van der Waals surface area (Å²) < 4.78 is 0.481. The topological polar surface area (TPSA) is 219 Å². The molecule has 0 atom stereocenters. The summed E-state index contributed by atoms with van der Waals surface area (Å²) in [6.45, 7) is -0.0463. The molecule has 0 saturated heterocycles. The third-order valence-corrected chi connectivity index (χ3v) is 2.20. The Hall–Kier alpha value is -3.22. The Kier molecular flexibility index (Phi) is 14.8. The molecule has 0 bridgehead atoms. The molecular formula is C14H27N4O9+. The van der Waals surface area contributed by atoms with Gasteiger partial charge in [0.15, 0.2) is 12.5 Å². The van der Waals surface area contributed by atoms with Crippen molar-refractivity contribution in [2.75, 3.05) is 41.3 Å². The SMILES string of the molecule is CN(CC(=O)O)C(=N)N.C[N+](C)(C)CC(=O)O.O=C(O)CCC(=O)C(=O)O. The van der Waals surface area contributed by atoms with Gasteiger partial charge in [0.1, 0.15) is 6.54 Å².